The van der Waals surface area contributed by atoms with Crippen molar-refractivity contribution in [1.29, 1.82) is 0 Å². The molecule has 1 aliphatic heterocycles. The lowest BCUT2D eigenvalue weighted by Crippen LogP contribution is -2.38. The molecule has 1 aliphatic carbocycles. The lowest BCUT2D eigenvalue weighted by molar-refractivity contribution is 0.0942. The number of benzene rings is 1. The Labute approximate surface area is 234 Å². The van der Waals surface area contributed by atoms with Crippen molar-refractivity contribution in [3.8, 4) is 11.6 Å². The van der Waals surface area contributed by atoms with E-state index in [4.69, 9.17) is 4.74 Å². The lowest BCUT2D eigenvalue weighted by Gasteiger charge is -2.29. The molecule has 6 rings (SSSR count). The maximum Gasteiger partial charge on any atom is 0.331 e. The summed E-state index contributed by atoms with van der Waals surface area (Å²) in [6.07, 6.45) is 6.21. The first-order valence-corrected chi connectivity index (χ1v) is 13.8. The van der Waals surface area contributed by atoms with Gasteiger partial charge in [-0.25, -0.2) is 14.8 Å². The van der Waals surface area contributed by atoms with Crippen LogP contribution in [0, 0.1) is 6.92 Å². The predicted molar refractivity (Wildman–Crippen MR) is 155 cm³/mol. The van der Waals surface area contributed by atoms with Crippen LogP contribution in [0.4, 0.5) is 21.9 Å². The van der Waals surface area contributed by atoms with Crippen LogP contribution in [0.3, 0.4) is 0 Å². The van der Waals surface area contributed by atoms with Crippen LogP contribution in [-0.2, 0) is 0 Å². The van der Waals surface area contributed by atoms with Gasteiger partial charge in [0.2, 0.25) is 5.88 Å². The maximum atomic E-state index is 13.5. The molecule has 1 saturated carbocycles. The van der Waals surface area contributed by atoms with Crippen molar-refractivity contribution < 1.29 is 19.4 Å². The monoisotopic (exact) mass is 556 g/mol. The summed E-state index contributed by atoms with van der Waals surface area (Å²) in [6, 6.07) is 12.6. The van der Waals surface area contributed by atoms with Gasteiger partial charge in [-0.15, -0.1) is 11.3 Å². The van der Waals surface area contributed by atoms with Gasteiger partial charge in [0.15, 0.2) is 0 Å². The van der Waals surface area contributed by atoms with Gasteiger partial charge in [-0.1, -0.05) is 24.8 Å². The third kappa shape index (κ3) is 4.90. The minimum atomic E-state index is -0.777. The number of para-hydroxylation sites is 1. The largest absolute Gasteiger partial charge is 0.439 e. The molecular formula is C29H28N6O4S. The molecular weight excluding hydrogens is 528 g/mol. The van der Waals surface area contributed by atoms with E-state index in [0.29, 0.717) is 50.2 Å². The highest BCUT2D eigenvalue weighted by atomic mass is 32.1. The van der Waals surface area contributed by atoms with Crippen LogP contribution in [0.5, 0.6) is 11.6 Å². The van der Waals surface area contributed by atoms with E-state index in [0.717, 1.165) is 18.4 Å². The van der Waals surface area contributed by atoms with Crippen molar-refractivity contribution in [3.05, 3.63) is 78.0 Å². The van der Waals surface area contributed by atoms with E-state index in [1.165, 1.54) is 17.4 Å². The third-order valence-electron chi connectivity index (χ3n) is 7.11. The van der Waals surface area contributed by atoms with E-state index in [2.05, 4.69) is 32.5 Å². The second kappa shape index (κ2) is 10.7. The van der Waals surface area contributed by atoms with E-state index in [1.807, 2.05) is 37.3 Å². The average Bonchev–Trinajstić information content (AvgIpc) is 3.55. The smallest absolute Gasteiger partial charge is 0.331 e. The summed E-state index contributed by atoms with van der Waals surface area (Å²) in [7, 11) is 0. The van der Waals surface area contributed by atoms with E-state index in [-0.39, 0.29) is 18.0 Å². The van der Waals surface area contributed by atoms with E-state index in [1.54, 1.807) is 29.4 Å². The third-order valence-corrected chi connectivity index (χ3v) is 8.21. The van der Waals surface area contributed by atoms with Gasteiger partial charge in [0, 0.05) is 24.3 Å². The lowest BCUT2D eigenvalue weighted by atomic mass is 10.1. The molecule has 1 aromatic carbocycles. The number of hydrogen-bond acceptors (Lipinski definition) is 8. The minimum absolute atomic E-state index is 0.0482. The molecule has 11 heteroatoms. The number of nitrogens with one attached hydrogen (secondary N) is 3. The van der Waals surface area contributed by atoms with Crippen LogP contribution < -0.4 is 25.6 Å². The van der Waals surface area contributed by atoms with Crippen molar-refractivity contribution in [2.75, 3.05) is 10.2 Å². The molecule has 2 aliphatic rings. The van der Waals surface area contributed by atoms with Gasteiger partial charge in [0.25, 0.3) is 5.91 Å². The molecule has 40 heavy (non-hydrogen) atoms. The topological polar surface area (TPSA) is 129 Å². The number of aliphatic hydroxyl groups excluding tert-OH is 1. The maximum absolute atomic E-state index is 13.5. The molecule has 0 bridgehead atoms. The molecule has 1 fully saturated rings. The molecule has 3 amide bonds. The Kier molecular flexibility index (Phi) is 6.93. The zero-order chi connectivity index (χ0) is 27.8. The Bertz CT molecular complexity index is 1610. The zero-order valence-electron chi connectivity index (χ0n) is 21.8. The molecule has 4 aromatic rings. The number of ether oxygens (including phenoxy) is 1. The Hall–Kier alpha value is -4.32. The summed E-state index contributed by atoms with van der Waals surface area (Å²) in [5, 5.41) is 19.6. The Morgan fingerprint density at radius 2 is 2.02 bits per heavy atom. The highest BCUT2D eigenvalue weighted by Gasteiger charge is 2.35. The van der Waals surface area contributed by atoms with Crippen LogP contribution in [0.25, 0.3) is 10.2 Å². The number of anilines is 3. The number of pyridine rings is 2. The number of aromatic nitrogens is 2. The quantitative estimate of drug-likeness (QED) is 0.173. The van der Waals surface area contributed by atoms with Gasteiger partial charge in [-0.3, -0.25) is 15.0 Å². The van der Waals surface area contributed by atoms with E-state index >= 15 is 0 Å². The molecule has 0 radical (unpaired) electrons. The molecule has 4 heterocycles. The number of carbonyl (C=O) groups excluding carboxylic acids is 2. The first-order chi connectivity index (χ1) is 19.4. The summed E-state index contributed by atoms with van der Waals surface area (Å²) >= 11 is 1.25. The molecule has 204 valence electrons. The highest BCUT2D eigenvalue weighted by molar-refractivity contribution is 7.21. The Morgan fingerprint density at radius 1 is 1.23 bits per heavy atom. The fourth-order valence-electron chi connectivity index (χ4n) is 5.23. The molecule has 0 saturated heterocycles. The fraction of sp³-hybridized carbons (Fsp3) is 0.241. The van der Waals surface area contributed by atoms with Gasteiger partial charge in [-0.2, -0.15) is 0 Å². The second-order valence-corrected chi connectivity index (χ2v) is 10.8. The summed E-state index contributed by atoms with van der Waals surface area (Å²) in [5.74, 6) is 0.831. The van der Waals surface area contributed by atoms with Crippen molar-refractivity contribution in [2.24, 2.45) is 0 Å². The molecule has 10 nitrogen and oxygen atoms in total. The van der Waals surface area contributed by atoms with Crippen LogP contribution in [0.1, 0.15) is 34.5 Å². The molecule has 0 spiro atoms. The predicted octanol–water partition coefficient (Wildman–Crippen LogP) is 5.22. The molecule has 3 aromatic heterocycles. The number of hydrogen-bond donors (Lipinski definition) is 4. The standard InChI is InChI=1S/C29H28N6O4S/c1-3-22(36)32-17-9-10-18(14-17)33-27(37)26-25-24-20(11-12-30-28(24)40-26)35(29(38)34-25)21-15-31-23(13-16(21)2)39-19-7-5-4-6-8-19/h3-8,11-13,15,17-18,22,32,36H,1,9-10,14H2,2H3,(H,33,37)(H,34,38)/t17-,18+,22?/m1/s1. The molecule has 4 N–H and O–H groups in total. The number of rotatable bonds is 8. The summed E-state index contributed by atoms with van der Waals surface area (Å²) < 4.78 is 5.85. The summed E-state index contributed by atoms with van der Waals surface area (Å²) in [4.78, 5) is 38.4. The van der Waals surface area contributed by atoms with Gasteiger partial charge in [0.1, 0.15) is 21.7 Å². The van der Waals surface area contributed by atoms with E-state index in [9.17, 15) is 14.7 Å². The van der Waals surface area contributed by atoms with Crippen molar-refractivity contribution in [3.63, 3.8) is 0 Å². The first kappa shape index (κ1) is 25.9. The minimum Gasteiger partial charge on any atom is -0.439 e. The van der Waals surface area contributed by atoms with E-state index < -0.39 is 12.3 Å². The van der Waals surface area contributed by atoms with Crippen LogP contribution in [0.15, 0.2) is 67.5 Å². The number of aliphatic hydroxyl groups is 1. The number of nitrogens with zero attached hydrogens (tertiary/aromatic N) is 3. The Balaban J connectivity index is 1.26. The molecule has 3 atom stereocenters. The normalized spacial score (nSPS) is 18.9. The van der Waals surface area contributed by atoms with Gasteiger partial charge in [0.05, 0.1) is 28.6 Å². The van der Waals surface area contributed by atoms with Crippen LogP contribution in [0.2, 0.25) is 0 Å². The Morgan fingerprint density at radius 3 is 2.80 bits per heavy atom. The number of thiophene rings is 1. The van der Waals surface area contributed by atoms with Gasteiger partial charge in [-0.05, 0) is 56.0 Å². The fourth-order valence-corrected chi connectivity index (χ4v) is 6.25. The zero-order valence-corrected chi connectivity index (χ0v) is 22.6. The second-order valence-electron chi connectivity index (χ2n) is 9.83. The van der Waals surface area contributed by atoms with Crippen LogP contribution >= 0.6 is 11.3 Å². The SMILES string of the molecule is C=CC(O)N[C@@H]1CC[C@H](NC(=O)c2sc3nccc4c3c2NC(=O)N4c2cnc(Oc3ccccc3)cc2C)C1. The van der Waals surface area contributed by atoms with Gasteiger partial charge < -0.3 is 20.5 Å². The van der Waals surface area contributed by atoms with Gasteiger partial charge >= 0.3 is 6.03 Å². The average molecular weight is 557 g/mol. The number of urea groups is 1. The number of aryl methyl sites for hydroxylation is 1. The van der Waals surface area contributed by atoms with Crippen molar-refractivity contribution >= 4 is 50.6 Å². The summed E-state index contributed by atoms with van der Waals surface area (Å²) in [6.45, 7) is 5.47. The van der Waals surface area contributed by atoms with Crippen molar-refractivity contribution in [2.45, 2.75) is 44.5 Å². The molecule has 1 unspecified atom stereocenters. The van der Waals surface area contributed by atoms with Crippen molar-refractivity contribution in [1.82, 2.24) is 20.6 Å². The first-order valence-electron chi connectivity index (χ1n) is 13.0. The number of carbonyl (C=O) groups is 2. The highest BCUT2D eigenvalue weighted by Crippen LogP contribution is 2.46. The van der Waals surface area contributed by atoms with Crippen LogP contribution in [-0.4, -0.2) is 45.3 Å². The number of amides is 3. The summed E-state index contributed by atoms with van der Waals surface area (Å²) in [5.41, 5.74) is 2.48.